The standard InChI is InChI=1S/C11H20N2O2/c1-2-3-4-5-6-7-8-11-12-10(9-14)13-15-11/h14H,2-9H2,1H3. The molecular weight excluding hydrogens is 192 g/mol. The summed E-state index contributed by atoms with van der Waals surface area (Å²) in [4.78, 5) is 4.03. The van der Waals surface area contributed by atoms with Gasteiger partial charge >= 0.3 is 0 Å². The van der Waals surface area contributed by atoms with Crippen molar-refractivity contribution in [3.8, 4) is 0 Å². The lowest BCUT2D eigenvalue weighted by Crippen LogP contribution is -1.88. The lowest BCUT2D eigenvalue weighted by molar-refractivity contribution is 0.262. The largest absolute Gasteiger partial charge is 0.388 e. The molecule has 0 saturated carbocycles. The lowest BCUT2D eigenvalue weighted by atomic mass is 10.1. The van der Waals surface area contributed by atoms with Crippen LogP contribution in [0, 0.1) is 0 Å². The van der Waals surface area contributed by atoms with Crippen molar-refractivity contribution in [2.24, 2.45) is 0 Å². The Morgan fingerprint density at radius 1 is 1.13 bits per heavy atom. The molecule has 0 fully saturated rings. The van der Waals surface area contributed by atoms with E-state index in [-0.39, 0.29) is 6.61 Å². The molecule has 0 atom stereocenters. The Labute approximate surface area is 90.7 Å². The summed E-state index contributed by atoms with van der Waals surface area (Å²) in [6, 6.07) is 0. The summed E-state index contributed by atoms with van der Waals surface area (Å²) in [5.74, 6) is 1.03. The molecule has 1 aromatic heterocycles. The van der Waals surface area contributed by atoms with E-state index in [9.17, 15) is 0 Å². The minimum Gasteiger partial charge on any atom is -0.388 e. The van der Waals surface area contributed by atoms with E-state index in [0.29, 0.717) is 11.7 Å². The molecule has 0 aromatic carbocycles. The zero-order valence-corrected chi connectivity index (χ0v) is 9.41. The summed E-state index contributed by atoms with van der Waals surface area (Å²) >= 11 is 0. The first-order chi connectivity index (χ1) is 7.36. The van der Waals surface area contributed by atoms with Gasteiger partial charge in [0.2, 0.25) is 5.89 Å². The lowest BCUT2D eigenvalue weighted by Gasteiger charge is -1.97. The zero-order valence-electron chi connectivity index (χ0n) is 9.41. The first kappa shape index (κ1) is 12.2. The number of aliphatic hydroxyl groups excluding tert-OH is 1. The van der Waals surface area contributed by atoms with Crippen molar-refractivity contribution in [3.05, 3.63) is 11.7 Å². The summed E-state index contributed by atoms with van der Waals surface area (Å²) in [6.07, 6.45) is 8.36. The average Bonchev–Trinajstić information content (AvgIpc) is 2.71. The van der Waals surface area contributed by atoms with Crippen LogP contribution < -0.4 is 0 Å². The third kappa shape index (κ3) is 4.93. The molecule has 1 rings (SSSR count). The van der Waals surface area contributed by atoms with Crippen LogP contribution in [0.1, 0.15) is 57.2 Å². The van der Waals surface area contributed by atoms with Crippen molar-refractivity contribution in [1.82, 2.24) is 10.1 Å². The van der Waals surface area contributed by atoms with Crippen LogP contribution in [0.15, 0.2) is 4.52 Å². The number of unbranched alkanes of at least 4 members (excludes halogenated alkanes) is 5. The molecule has 0 unspecified atom stereocenters. The van der Waals surface area contributed by atoms with Crippen molar-refractivity contribution < 1.29 is 9.63 Å². The van der Waals surface area contributed by atoms with Crippen LogP contribution in [0.2, 0.25) is 0 Å². The van der Waals surface area contributed by atoms with Crippen LogP contribution in [0.25, 0.3) is 0 Å². The highest BCUT2D eigenvalue weighted by molar-refractivity contribution is 4.83. The second kappa shape index (κ2) is 7.40. The summed E-state index contributed by atoms with van der Waals surface area (Å²) in [6.45, 7) is 2.08. The Balaban J connectivity index is 2.04. The molecule has 0 aliphatic heterocycles. The number of aryl methyl sites for hydroxylation is 1. The van der Waals surface area contributed by atoms with Crippen molar-refractivity contribution in [2.45, 2.75) is 58.5 Å². The third-order valence-corrected chi connectivity index (χ3v) is 2.40. The monoisotopic (exact) mass is 212 g/mol. The maximum absolute atomic E-state index is 8.73. The maximum Gasteiger partial charge on any atom is 0.226 e. The van der Waals surface area contributed by atoms with Gasteiger partial charge in [-0.25, -0.2) is 0 Å². The van der Waals surface area contributed by atoms with Gasteiger partial charge in [0.15, 0.2) is 5.82 Å². The molecule has 0 radical (unpaired) electrons. The van der Waals surface area contributed by atoms with Gasteiger partial charge in [0.05, 0.1) is 0 Å². The van der Waals surface area contributed by atoms with E-state index in [1.54, 1.807) is 0 Å². The molecule has 86 valence electrons. The van der Waals surface area contributed by atoms with Gasteiger partial charge in [0.1, 0.15) is 6.61 Å². The first-order valence-electron chi connectivity index (χ1n) is 5.79. The fraction of sp³-hybridized carbons (Fsp3) is 0.818. The summed E-state index contributed by atoms with van der Waals surface area (Å²) in [5.41, 5.74) is 0. The molecule has 1 aromatic rings. The fourth-order valence-electron chi connectivity index (χ4n) is 1.51. The number of nitrogens with zero attached hydrogens (tertiary/aromatic N) is 2. The van der Waals surface area contributed by atoms with Gasteiger partial charge in [-0.2, -0.15) is 4.98 Å². The van der Waals surface area contributed by atoms with E-state index in [1.807, 2.05) is 0 Å². The molecule has 0 spiro atoms. The topological polar surface area (TPSA) is 59.2 Å². The van der Waals surface area contributed by atoms with Crippen molar-refractivity contribution in [2.75, 3.05) is 0 Å². The van der Waals surface area contributed by atoms with Gasteiger partial charge in [-0.15, -0.1) is 0 Å². The van der Waals surface area contributed by atoms with Gasteiger partial charge in [-0.1, -0.05) is 44.2 Å². The Morgan fingerprint density at radius 2 is 1.87 bits per heavy atom. The van der Waals surface area contributed by atoms with Crippen LogP contribution in [-0.4, -0.2) is 15.2 Å². The predicted molar refractivity (Wildman–Crippen MR) is 57.3 cm³/mol. The Hall–Kier alpha value is -0.900. The molecule has 0 bridgehead atoms. The third-order valence-electron chi connectivity index (χ3n) is 2.40. The second-order valence-electron chi connectivity index (χ2n) is 3.78. The van der Waals surface area contributed by atoms with Crippen LogP contribution in [0.3, 0.4) is 0 Å². The van der Waals surface area contributed by atoms with Crippen LogP contribution >= 0.6 is 0 Å². The number of rotatable bonds is 8. The summed E-state index contributed by atoms with van der Waals surface area (Å²) < 4.78 is 4.96. The minimum absolute atomic E-state index is 0.139. The second-order valence-corrected chi connectivity index (χ2v) is 3.78. The smallest absolute Gasteiger partial charge is 0.226 e. The van der Waals surface area contributed by atoms with E-state index in [4.69, 9.17) is 9.63 Å². The van der Waals surface area contributed by atoms with Gasteiger partial charge in [-0.3, -0.25) is 0 Å². The Bertz CT molecular complexity index is 261. The van der Waals surface area contributed by atoms with Crippen LogP contribution in [-0.2, 0) is 13.0 Å². The summed E-state index contributed by atoms with van der Waals surface area (Å²) in [7, 11) is 0. The van der Waals surface area contributed by atoms with E-state index in [2.05, 4.69) is 17.1 Å². The number of aliphatic hydroxyl groups is 1. The normalized spacial score (nSPS) is 10.8. The molecule has 0 aliphatic rings. The van der Waals surface area contributed by atoms with Crippen molar-refractivity contribution in [1.29, 1.82) is 0 Å². The Morgan fingerprint density at radius 3 is 2.53 bits per heavy atom. The molecule has 4 heteroatoms. The highest BCUT2D eigenvalue weighted by Gasteiger charge is 2.03. The van der Waals surface area contributed by atoms with Gasteiger partial charge in [0.25, 0.3) is 0 Å². The van der Waals surface area contributed by atoms with Crippen molar-refractivity contribution >= 4 is 0 Å². The van der Waals surface area contributed by atoms with Crippen LogP contribution in [0.5, 0.6) is 0 Å². The zero-order chi connectivity index (χ0) is 10.9. The fourth-order valence-corrected chi connectivity index (χ4v) is 1.51. The molecule has 0 aliphatic carbocycles. The average molecular weight is 212 g/mol. The van der Waals surface area contributed by atoms with Crippen molar-refractivity contribution in [3.63, 3.8) is 0 Å². The van der Waals surface area contributed by atoms with E-state index < -0.39 is 0 Å². The highest BCUT2D eigenvalue weighted by atomic mass is 16.5. The minimum atomic E-state index is -0.139. The number of hydrogen-bond donors (Lipinski definition) is 1. The highest BCUT2D eigenvalue weighted by Crippen LogP contribution is 2.08. The summed E-state index contributed by atoms with van der Waals surface area (Å²) in [5, 5.41) is 12.4. The molecule has 0 saturated heterocycles. The van der Waals surface area contributed by atoms with Crippen LogP contribution in [0.4, 0.5) is 0 Å². The van der Waals surface area contributed by atoms with Gasteiger partial charge in [0, 0.05) is 6.42 Å². The maximum atomic E-state index is 8.73. The first-order valence-corrected chi connectivity index (χ1v) is 5.79. The molecule has 4 nitrogen and oxygen atoms in total. The molecule has 1 N–H and O–H groups in total. The van der Waals surface area contributed by atoms with E-state index in [0.717, 1.165) is 12.8 Å². The quantitative estimate of drug-likeness (QED) is 0.672. The number of hydrogen-bond acceptors (Lipinski definition) is 4. The van der Waals surface area contributed by atoms with E-state index in [1.165, 1.54) is 32.1 Å². The molecule has 15 heavy (non-hydrogen) atoms. The SMILES string of the molecule is CCCCCCCCc1nc(CO)no1. The molecule has 1 heterocycles. The Kier molecular flexibility index (Phi) is 6.00. The number of aromatic nitrogens is 2. The molecule has 0 amide bonds. The molecular formula is C11H20N2O2. The van der Waals surface area contributed by atoms with Gasteiger partial charge in [-0.05, 0) is 6.42 Å². The van der Waals surface area contributed by atoms with Gasteiger partial charge < -0.3 is 9.63 Å². The predicted octanol–water partition coefficient (Wildman–Crippen LogP) is 2.46. The van der Waals surface area contributed by atoms with E-state index >= 15 is 0 Å².